The van der Waals surface area contributed by atoms with Gasteiger partial charge in [0, 0.05) is 48.9 Å². The lowest BCUT2D eigenvalue weighted by Gasteiger charge is -2.35. The van der Waals surface area contributed by atoms with Crippen LogP contribution in [0.2, 0.25) is 0 Å². The number of carbonyl (C=O) groups is 2. The molecule has 1 fully saturated rings. The molecule has 1 aromatic heterocycles. The Morgan fingerprint density at radius 3 is 2.39 bits per heavy atom. The van der Waals surface area contributed by atoms with Crippen LogP contribution in [0.4, 0.5) is 14.6 Å². The number of nitrogens with zero attached hydrogens (tertiary/aromatic N) is 5. The third-order valence-corrected chi connectivity index (χ3v) is 9.40. The molecule has 0 bridgehead atoms. The predicted molar refractivity (Wildman–Crippen MR) is 167 cm³/mol. The van der Waals surface area contributed by atoms with Gasteiger partial charge in [-0.15, -0.1) is 11.8 Å². The van der Waals surface area contributed by atoms with Gasteiger partial charge in [0.15, 0.2) is 0 Å². The van der Waals surface area contributed by atoms with E-state index < -0.39 is 16.9 Å². The maximum atomic E-state index is 15.5. The smallest absolute Gasteiger partial charge is 0.242 e. The second-order valence-electron chi connectivity index (χ2n) is 10.7. The van der Waals surface area contributed by atoms with Gasteiger partial charge in [-0.05, 0) is 36.9 Å². The molecule has 2 aliphatic rings. The number of piperazine rings is 1. The highest BCUT2D eigenvalue weighted by molar-refractivity contribution is 8.00. The van der Waals surface area contributed by atoms with Crippen LogP contribution in [0.15, 0.2) is 72.8 Å². The normalized spacial score (nSPS) is 17.4. The van der Waals surface area contributed by atoms with Crippen LogP contribution in [0.5, 0.6) is 5.75 Å². The molecule has 3 heterocycles. The van der Waals surface area contributed by atoms with Crippen molar-refractivity contribution in [3.8, 4) is 22.7 Å². The Bertz CT molecular complexity index is 1660. The molecule has 1 saturated heterocycles. The minimum absolute atomic E-state index is 0.0100. The maximum Gasteiger partial charge on any atom is 0.242 e. The standard InChI is InChI=1S/C33H33F2N5O3S/c1-3-37-15-17-38(18-16-37)28(41)20-39-29(42)21-44-32(26-14-9-23(34)19-27(26)35)30-31(22-7-5-4-6-8-22)36-40(33(30)39)24-10-12-25(43-2)13-11-24/h4-14,19,32H,3,15-18,20-21H2,1-2H3. The fraction of sp³-hybridized carbons (Fsp3) is 0.303. The molecule has 6 rings (SSSR count). The van der Waals surface area contributed by atoms with Gasteiger partial charge in [-0.25, -0.2) is 13.5 Å². The lowest BCUT2D eigenvalue weighted by Crippen LogP contribution is -2.52. The Morgan fingerprint density at radius 1 is 1.00 bits per heavy atom. The first-order valence-corrected chi connectivity index (χ1v) is 15.6. The Hall–Kier alpha value is -4.22. The number of likely N-dealkylation sites (N-methyl/N-ethyl adjacent to an activating group) is 1. The van der Waals surface area contributed by atoms with Gasteiger partial charge in [0.25, 0.3) is 0 Å². The summed E-state index contributed by atoms with van der Waals surface area (Å²) >= 11 is 1.24. The van der Waals surface area contributed by atoms with Crippen LogP contribution in [0, 0.1) is 11.6 Å². The zero-order chi connectivity index (χ0) is 30.8. The summed E-state index contributed by atoms with van der Waals surface area (Å²) in [6.07, 6.45) is 0. The molecular formula is C33H33F2N5O3S. The van der Waals surface area contributed by atoms with Crippen molar-refractivity contribution in [1.29, 1.82) is 0 Å². The molecule has 0 aliphatic carbocycles. The number of fused-ring (bicyclic) bond motifs is 1. The monoisotopic (exact) mass is 617 g/mol. The van der Waals surface area contributed by atoms with E-state index in [1.807, 2.05) is 42.5 Å². The first-order valence-electron chi connectivity index (χ1n) is 14.6. The number of thioether (sulfide) groups is 1. The summed E-state index contributed by atoms with van der Waals surface area (Å²) in [6, 6.07) is 20.2. The highest BCUT2D eigenvalue weighted by atomic mass is 32.2. The number of amides is 2. The molecule has 11 heteroatoms. The summed E-state index contributed by atoms with van der Waals surface area (Å²) in [7, 11) is 1.58. The highest BCUT2D eigenvalue weighted by Crippen LogP contribution is 2.49. The van der Waals surface area contributed by atoms with Gasteiger partial charge in [0.05, 0.1) is 29.5 Å². The number of carbonyl (C=O) groups excluding carboxylic acids is 2. The zero-order valence-corrected chi connectivity index (χ0v) is 25.4. The summed E-state index contributed by atoms with van der Waals surface area (Å²) in [5, 5.41) is 4.31. The molecule has 3 aromatic carbocycles. The molecule has 0 N–H and O–H groups in total. The Balaban J connectivity index is 1.54. The molecule has 0 radical (unpaired) electrons. The van der Waals surface area contributed by atoms with Gasteiger partial charge >= 0.3 is 0 Å². The lowest BCUT2D eigenvalue weighted by atomic mass is 9.99. The first-order chi connectivity index (χ1) is 21.4. The fourth-order valence-corrected chi connectivity index (χ4v) is 6.96. The van der Waals surface area contributed by atoms with Gasteiger partial charge in [-0.1, -0.05) is 43.3 Å². The number of ether oxygens (including phenoxy) is 1. The van der Waals surface area contributed by atoms with Crippen LogP contribution in [0.3, 0.4) is 0 Å². The molecule has 2 amide bonds. The minimum Gasteiger partial charge on any atom is -0.497 e. The van der Waals surface area contributed by atoms with Crippen molar-refractivity contribution in [3.05, 3.63) is 95.6 Å². The highest BCUT2D eigenvalue weighted by Gasteiger charge is 2.39. The van der Waals surface area contributed by atoms with E-state index in [1.54, 1.807) is 28.8 Å². The molecule has 1 unspecified atom stereocenters. The zero-order valence-electron chi connectivity index (χ0n) is 24.6. The van der Waals surface area contributed by atoms with Gasteiger partial charge in [-0.3, -0.25) is 14.5 Å². The molecular weight excluding hydrogens is 584 g/mol. The Morgan fingerprint density at radius 2 is 1.73 bits per heavy atom. The quantitative estimate of drug-likeness (QED) is 0.286. The molecule has 0 saturated carbocycles. The number of benzene rings is 3. The van der Waals surface area contributed by atoms with E-state index in [4.69, 9.17) is 9.84 Å². The van der Waals surface area contributed by atoms with Gasteiger partial charge < -0.3 is 14.5 Å². The molecule has 0 spiro atoms. The van der Waals surface area contributed by atoms with E-state index in [0.29, 0.717) is 41.6 Å². The van der Waals surface area contributed by atoms with E-state index in [-0.39, 0.29) is 29.7 Å². The summed E-state index contributed by atoms with van der Waals surface area (Å²) in [5.74, 6) is -0.839. The third kappa shape index (κ3) is 5.81. The van der Waals surface area contributed by atoms with Crippen molar-refractivity contribution < 1.29 is 23.1 Å². The van der Waals surface area contributed by atoms with Crippen molar-refractivity contribution in [1.82, 2.24) is 19.6 Å². The van der Waals surface area contributed by atoms with E-state index in [9.17, 15) is 14.0 Å². The number of methoxy groups -OCH3 is 1. The van der Waals surface area contributed by atoms with Crippen molar-refractivity contribution in [3.63, 3.8) is 0 Å². The number of rotatable bonds is 7. The predicted octanol–water partition coefficient (Wildman–Crippen LogP) is 5.16. The average molecular weight is 618 g/mol. The van der Waals surface area contributed by atoms with Crippen LogP contribution in [-0.2, 0) is 9.59 Å². The van der Waals surface area contributed by atoms with Crippen LogP contribution >= 0.6 is 11.8 Å². The Labute approximate surface area is 259 Å². The SMILES string of the molecule is CCN1CCN(C(=O)CN2C(=O)CSC(c3ccc(F)cc3F)c3c(-c4ccccc4)nn(-c4ccc(OC)cc4)c32)CC1. The summed E-state index contributed by atoms with van der Waals surface area (Å²) in [6.45, 7) is 5.51. The minimum atomic E-state index is -0.713. The number of halogens is 2. The topological polar surface area (TPSA) is 70.9 Å². The van der Waals surface area contributed by atoms with Crippen molar-refractivity contribution in [2.45, 2.75) is 12.2 Å². The van der Waals surface area contributed by atoms with E-state index in [0.717, 1.165) is 31.3 Å². The van der Waals surface area contributed by atoms with Gasteiger partial charge in [-0.2, -0.15) is 5.10 Å². The molecule has 228 valence electrons. The third-order valence-electron chi connectivity index (χ3n) is 8.16. The fourth-order valence-electron chi connectivity index (χ4n) is 5.74. The van der Waals surface area contributed by atoms with Crippen LogP contribution in [0.1, 0.15) is 23.3 Å². The molecule has 1 atom stereocenters. The summed E-state index contributed by atoms with van der Waals surface area (Å²) in [4.78, 5) is 33.2. The van der Waals surface area contributed by atoms with Crippen molar-refractivity contribution >= 4 is 29.4 Å². The van der Waals surface area contributed by atoms with Gasteiger partial charge in [0.2, 0.25) is 11.8 Å². The first kappa shape index (κ1) is 29.8. The number of aromatic nitrogens is 2. The molecule has 2 aliphatic heterocycles. The average Bonchev–Trinajstić information content (AvgIpc) is 3.38. The van der Waals surface area contributed by atoms with E-state index in [2.05, 4.69) is 11.8 Å². The summed E-state index contributed by atoms with van der Waals surface area (Å²) < 4.78 is 36.5. The number of anilines is 1. The van der Waals surface area contributed by atoms with Crippen LogP contribution in [-0.4, -0.2) is 83.5 Å². The number of hydrogen-bond acceptors (Lipinski definition) is 6. The second kappa shape index (κ2) is 12.8. The van der Waals surface area contributed by atoms with Crippen molar-refractivity contribution in [2.24, 2.45) is 0 Å². The van der Waals surface area contributed by atoms with Crippen LogP contribution in [0.25, 0.3) is 16.9 Å². The van der Waals surface area contributed by atoms with Crippen molar-refractivity contribution in [2.75, 3.05) is 57.0 Å². The number of hydrogen-bond donors (Lipinski definition) is 0. The molecule has 44 heavy (non-hydrogen) atoms. The molecule has 8 nitrogen and oxygen atoms in total. The summed E-state index contributed by atoms with van der Waals surface area (Å²) in [5.41, 5.74) is 2.76. The van der Waals surface area contributed by atoms with Gasteiger partial charge in [0.1, 0.15) is 29.7 Å². The van der Waals surface area contributed by atoms with E-state index in [1.165, 1.54) is 28.8 Å². The Kier molecular flexibility index (Phi) is 8.67. The molecule has 4 aromatic rings. The lowest BCUT2D eigenvalue weighted by molar-refractivity contribution is -0.132. The second-order valence-corrected chi connectivity index (χ2v) is 11.8. The van der Waals surface area contributed by atoms with Crippen LogP contribution < -0.4 is 9.64 Å². The van der Waals surface area contributed by atoms with E-state index >= 15 is 4.39 Å². The largest absolute Gasteiger partial charge is 0.497 e. The maximum absolute atomic E-state index is 15.5.